The molecule has 1 N–H and O–H groups in total. The zero-order valence-corrected chi connectivity index (χ0v) is 20.4. The number of para-hydroxylation sites is 1. The fourth-order valence-electron chi connectivity index (χ4n) is 3.17. The monoisotopic (exact) mass is 503 g/mol. The van der Waals surface area contributed by atoms with Crippen molar-refractivity contribution in [3.05, 3.63) is 80.5 Å². The minimum atomic E-state index is -0.286. The first-order chi connectivity index (χ1) is 14.3. The van der Waals surface area contributed by atoms with Crippen LogP contribution in [0.3, 0.4) is 0 Å². The summed E-state index contributed by atoms with van der Waals surface area (Å²) in [5.74, 6) is -0.157. The molecule has 0 saturated carbocycles. The molecule has 0 aliphatic heterocycles. The lowest BCUT2D eigenvalue weighted by Gasteiger charge is -2.12. The van der Waals surface area contributed by atoms with E-state index in [1.165, 1.54) is 17.3 Å². The average molecular weight is 505 g/mol. The molecule has 7 heteroatoms. The summed E-state index contributed by atoms with van der Waals surface area (Å²) in [5.41, 5.74) is 8.05. The molecule has 0 unspecified atom stereocenters. The van der Waals surface area contributed by atoms with Gasteiger partial charge in [0.25, 0.3) is 5.91 Å². The van der Waals surface area contributed by atoms with Gasteiger partial charge in [0.05, 0.1) is 11.5 Å². The number of carbonyl (C=O) groups is 1. The normalized spacial score (nSPS) is 12.3. The third kappa shape index (κ3) is 4.99. The van der Waals surface area contributed by atoms with Crippen LogP contribution in [0.1, 0.15) is 29.4 Å². The molecule has 156 valence electrons. The first kappa shape index (κ1) is 22.7. The molecule has 0 bridgehead atoms. The molecule has 1 atom stereocenters. The summed E-state index contributed by atoms with van der Waals surface area (Å²) in [7, 11) is 0. The molecule has 0 aliphatic rings. The molecule has 30 heavy (non-hydrogen) atoms. The van der Waals surface area contributed by atoms with Crippen molar-refractivity contribution in [1.29, 1.82) is 0 Å². The predicted molar refractivity (Wildman–Crippen MR) is 130 cm³/mol. The van der Waals surface area contributed by atoms with Crippen molar-refractivity contribution in [3.8, 4) is 5.69 Å². The van der Waals surface area contributed by atoms with E-state index in [-0.39, 0.29) is 11.2 Å². The number of aromatic nitrogens is 1. The van der Waals surface area contributed by atoms with Crippen molar-refractivity contribution in [2.24, 2.45) is 5.10 Å². The highest BCUT2D eigenvalue weighted by Gasteiger charge is 2.17. The van der Waals surface area contributed by atoms with Gasteiger partial charge in [-0.15, -0.1) is 11.8 Å². The third-order valence-electron chi connectivity index (χ3n) is 4.84. The maximum Gasteiger partial charge on any atom is 0.253 e. The van der Waals surface area contributed by atoms with Gasteiger partial charge in [0.15, 0.2) is 0 Å². The van der Waals surface area contributed by atoms with E-state index in [0.29, 0.717) is 5.02 Å². The number of rotatable bonds is 6. The lowest BCUT2D eigenvalue weighted by molar-refractivity contribution is -0.120. The van der Waals surface area contributed by atoms with Gasteiger partial charge in [0.1, 0.15) is 0 Å². The summed E-state index contributed by atoms with van der Waals surface area (Å²) < 4.78 is 3.16. The van der Waals surface area contributed by atoms with Crippen LogP contribution >= 0.6 is 39.3 Å². The number of amides is 1. The number of benzene rings is 2. The Morgan fingerprint density at radius 1 is 1.13 bits per heavy atom. The number of hydrogen-bond donors (Lipinski definition) is 1. The minimum Gasteiger partial charge on any atom is -0.316 e. The lowest BCUT2D eigenvalue weighted by atomic mass is 10.2. The lowest BCUT2D eigenvalue weighted by Crippen LogP contribution is -2.26. The van der Waals surface area contributed by atoms with Crippen molar-refractivity contribution in [3.63, 3.8) is 0 Å². The Morgan fingerprint density at radius 2 is 1.80 bits per heavy atom. The maximum absolute atomic E-state index is 12.4. The van der Waals surface area contributed by atoms with Crippen molar-refractivity contribution in [1.82, 2.24) is 9.99 Å². The minimum absolute atomic E-state index is 0.157. The first-order valence-corrected chi connectivity index (χ1v) is 11.5. The predicted octanol–water partition coefficient (Wildman–Crippen LogP) is 6.45. The highest BCUT2D eigenvalue weighted by atomic mass is 79.9. The van der Waals surface area contributed by atoms with E-state index in [1.54, 1.807) is 6.21 Å². The quantitative estimate of drug-likeness (QED) is 0.238. The van der Waals surface area contributed by atoms with Crippen LogP contribution in [0.2, 0.25) is 5.02 Å². The zero-order valence-electron chi connectivity index (χ0n) is 17.2. The summed E-state index contributed by atoms with van der Waals surface area (Å²) in [6, 6.07) is 15.7. The summed E-state index contributed by atoms with van der Waals surface area (Å²) in [5, 5.41) is 4.60. The Morgan fingerprint density at radius 3 is 2.47 bits per heavy atom. The SMILES string of the molecule is Cc1ccccc1-n1c(C)c(Br)c(/C=N\NC(=O)[C@H](C)Sc2ccc(Cl)cc2)c1C. The second-order valence-corrected chi connectivity index (χ2v) is 9.61. The molecule has 3 rings (SSSR count). The second-order valence-electron chi connectivity index (χ2n) is 6.97. The van der Waals surface area contributed by atoms with Crippen LogP contribution in [0.15, 0.2) is 63.0 Å². The number of carbonyl (C=O) groups excluding carboxylic acids is 1. The standard InChI is InChI=1S/C23H23BrClN3OS/c1-14-7-5-6-8-21(14)28-15(2)20(22(24)16(28)3)13-26-27-23(29)17(4)30-19-11-9-18(25)10-12-19/h5-13,17H,1-4H3,(H,27,29)/b26-13-/t17-/m0/s1. The van der Waals surface area contributed by atoms with Gasteiger partial charge in [-0.05, 0) is 79.5 Å². The van der Waals surface area contributed by atoms with Gasteiger partial charge in [-0.2, -0.15) is 5.10 Å². The smallest absolute Gasteiger partial charge is 0.253 e. The van der Waals surface area contributed by atoms with Crippen LogP contribution < -0.4 is 5.43 Å². The van der Waals surface area contributed by atoms with Gasteiger partial charge in [-0.3, -0.25) is 4.79 Å². The molecule has 1 aromatic heterocycles. The van der Waals surface area contributed by atoms with Gasteiger partial charge < -0.3 is 4.57 Å². The summed E-state index contributed by atoms with van der Waals surface area (Å²) in [6.07, 6.45) is 1.69. The van der Waals surface area contributed by atoms with E-state index in [4.69, 9.17) is 11.6 Å². The number of hydrazone groups is 1. The summed E-state index contributed by atoms with van der Waals surface area (Å²) in [4.78, 5) is 13.4. The van der Waals surface area contributed by atoms with Gasteiger partial charge in [0, 0.05) is 37.0 Å². The molecule has 0 fully saturated rings. The first-order valence-electron chi connectivity index (χ1n) is 9.48. The van der Waals surface area contributed by atoms with Crippen molar-refractivity contribution >= 4 is 51.4 Å². The number of halogens is 2. The van der Waals surface area contributed by atoms with Crippen LogP contribution in [0.5, 0.6) is 0 Å². The number of nitrogens with one attached hydrogen (secondary N) is 1. The van der Waals surface area contributed by atoms with E-state index in [2.05, 4.69) is 57.0 Å². The highest BCUT2D eigenvalue weighted by Crippen LogP contribution is 2.30. The molecular formula is C23H23BrClN3OS. The molecule has 0 aliphatic carbocycles. The van der Waals surface area contributed by atoms with Crippen LogP contribution in [-0.2, 0) is 4.79 Å². The highest BCUT2D eigenvalue weighted by molar-refractivity contribution is 9.10. The van der Waals surface area contributed by atoms with E-state index in [1.807, 2.05) is 50.2 Å². The summed E-state index contributed by atoms with van der Waals surface area (Å²) in [6.45, 7) is 8.05. The van der Waals surface area contributed by atoms with E-state index >= 15 is 0 Å². The third-order valence-corrected chi connectivity index (χ3v) is 7.20. The van der Waals surface area contributed by atoms with Crippen LogP contribution in [0.25, 0.3) is 5.69 Å². The van der Waals surface area contributed by atoms with Gasteiger partial charge in [0.2, 0.25) is 0 Å². The van der Waals surface area contributed by atoms with E-state index in [0.717, 1.165) is 32.0 Å². The molecule has 1 heterocycles. The number of thioether (sulfide) groups is 1. The largest absolute Gasteiger partial charge is 0.316 e. The molecule has 1 amide bonds. The van der Waals surface area contributed by atoms with Crippen molar-refractivity contribution in [2.45, 2.75) is 37.8 Å². The average Bonchev–Trinajstić information content (AvgIpc) is 2.93. The van der Waals surface area contributed by atoms with Crippen molar-refractivity contribution < 1.29 is 4.79 Å². The molecule has 0 radical (unpaired) electrons. The molecule has 2 aromatic carbocycles. The fourth-order valence-corrected chi connectivity index (χ4v) is 4.73. The maximum atomic E-state index is 12.4. The fraction of sp³-hybridized carbons (Fsp3) is 0.217. The molecular weight excluding hydrogens is 482 g/mol. The Hall–Kier alpha value is -2.02. The van der Waals surface area contributed by atoms with E-state index in [9.17, 15) is 4.79 Å². The number of aryl methyl sites for hydroxylation is 1. The van der Waals surface area contributed by atoms with Gasteiger partial charge >= 0.3 is 0 Å². The summed E-state index contributed by atoms with van der Waals surface area (Å²) >= 11 is 11.1. The van der Waals surface area contributed by atoms with Crippen LogP contribution in [0, 0.1) is 20.8 Å². The van der Waals surface area contributed by atoms with E-state index < -0.39 is 0 Å². The molecule has 0 spiro atoms. The zero-order chi connectivity index (χ0) is 21.8. The van der Waals surface area contributed by atoms with Crippen LogP contribution in [-0.4, -0.2) is 21.9 Å². The topological polar surface area (TPSA) is 46.4 Å². The van der Waals surface area contributed by atoms with Gasteiger partial charge in [-0.25, -0.2) is 5.43 Å². The molecule has 4 nitrogen and oxygen atoms in total. The Bertz CT molecular complexity index is 1090. The Labute approximate surface area is 194 Å². The Kier molecular flexibility index (Phi) is 7.45. The number of hydrogen-bond acceptors (Lipinski definition) is 3. The second kappa shape index (κ2) is 9.86. The Balaban J connectivity index is 1.73. The van der Waals surface area contributed by atoms with Gasteiger partial charge in [-0.1, -0.05) is 29.8 Å². The van der Waals surface area contributed by atoms with Crippen LogP contribution in [0.4, 0.5) is 0 Å². The molecule has 0 saturated heterocycles. The van der Waals surface area contributed by atoms with Crippen molar-refractivity contribution in [2.75, 3.05) is 0 Å². The molecule has 3 aromatic rings. The number of nitrogens with zero attached hydrogens (tertiary/aromatic N) is 2.